The Morgan fingerprint density at radius 3 is 2.34 bits per heavy atom. The van der Waals surface area contributed by atoms with Crippen molar-refractivity contribution in [3.63, 3.8) is 0 Å². The summed E-state index contributed by atoms with van der Waals surface area (Å²) in [5, 5.41) is 12.8. The van der Waals surface area contributed by atoms with Crippen molar-refractivity contribution in [1.29, 1.82) is 0 Å². The highest BCUT2D eigenvalue weighted by molar-refractivity contribution is 7.80. The fraction of sp³-hybridized carbons (Fsp3) is 0.0800. The van der Waals surface area contributed by atoms with Crippen LogP contribution in [0.15, 0.2) is 85.1 Å². The van der Waals surface area contributed by atoms with Crippen LogP contribution in [-0.4, -0.2) is 20.1 Å². The molecular weight excluding hydrogens is 425 g/mol. The van der Waals surface area contributed by atoms with Gasteiger partial charge in [0.05, 0.1) is 22.6 Å². The second kappa shape index (κ2) is 9.98. The zero-order valence-electron chi connectivity index (χ0n) is 17.0. The first-order chi connectivity index (χ1) is 15.6. The number of rotatable bonds is 7. The minimum Gasteiger partial charge on any atom is -0.508 e. The summed E-state index contributed by atoms with van der Waals surface area (Å²) in [6.45, 7) is 0. The molecule has 0 aliphatic carbocycles. The number of thiocarbonyl (C=S) groups is 1. The summed E-state index contributed by atoms with van der Waals surface area (Å²) in [6, 6.07) is 23.4. The van der Waals surface area contributed by atoms with Gasteiger partial charge in [0.1, 0.15) is 5.75 Å². The molecule has 7 heteroatoms. The third kappa shape index (κ3) is 5.44. The average Bonchev–Trinajstić information content (AvgIpc) is 2.82. The van der Waals surface area contributed by atoms with E-state index in [1.54, 1.807) is 54.7 Å². The molecule has 4 rings (SSSR count). The van der Waals surface area contributed by atoms with Crippen LogP contribution >= 0.6 is 12.2 Å². The molecule has 2 N–H and O–H groups in total. The number of hydrogen-bond donors (Lipinski definition) is 2. The molecule has 1 aromatic heterocycles. The minimum atomic E-state index is 0.147. The molecule has 0 atom stereocenters. The highest BCUT2D eigenvalue weighted by atomic mass is 32.1. The maximum atomic E-state index is 12.2. The van der Waals surface area contributed by atoms with E-state index in [9.17, 15) is 9.63 Å². The molecule has 1 heterocycles. The summed E-state index contributed by atoms with van der Waals surface area (Å²) in [6.07, 6.45) is 2.72. The SMILES string of the molecule is Oc1ccc(-c2cnc(NC(=S)Cc3ccc(OF)cc3)c(Cc3ccccc3)n2)cc1. The van der Waals surface area contributed by atoms with Gasteiger partial charge in [0.25, 0.3) is 0 Å². The quantitative estimate of drug-likeness (QED) is 0.357. The minimum absolute atomic E-state index is 0.147. The van der Waals surface area contributed by atoms with Crippen molar-refractivity contribution in [2.45, 2.75) is 12.8 Å². The monoisotopic (exact) mass is 445 g/mol. The van der Waals surface area contributed by atoms with Crippen molar-refractivity contribution in [3.8, 4) is 22.8 Å². The Morgan fingerprint density at radius 1 is 0.938 bits per heavy atom. The highest BCUT2D eigenvalue weighted by Crippen LogP contribution is 2.24. The van der Waals surface area contributed by atoms with E-state index in [4.69, 9.17) is 17.2 Å². The molecule has 0 fully saturated rings. The number of aromatic hydroxyl groups is 1. The van der Waals surface area contributed by atoms with Crippen LogP contribution in [0.5, 0.6) is 11.5 Å². The molecule has 3 aromatic carbocycles. The van der Waals surface area contributed by atoms with Crippen molar-refractivity contribution in [2.24, 2.45) is 0 Å². The standard InChI is InChI=1S/C25H20FN3O2S/c26-31-21-12-6-18(7-13-21)15-24(32)29-25-22(14-17-4-2-1-3-5-17)28-23(16-27-25)19-8-10-20(30)11-9-19/h1-13,16,30H,14-15H2,(H,27,29,32). The lowest BCUT2D eigenvalue weighted by Gasteiger charge is -2.13. The number of nitrogens with zero attached hydrogens (tertiary/aromatic N) is 2. The number of phenols is 1. The van der Waals surface area contributed by atoms with Crippen molar-refractivity contribution < 1.29 is 14.6 Å². The summed E-state index contributed by atoms with van der Waals surface area (Å²) < 4.78 is 12.2. The maximum Gasteiger partial charge on any atom is 0.171 e. The van der Waals surface area contributed by atoms with Gasteiger partial charge in [-0.3, -0.25) is 4.94 Å². The number of halogens is 1. The van der Waals surface area contributed by atoms with Crippen LogP contribution in [0.3, 0.4) is 0 Å². The molecule has 4 aromatic rings. The van der Waals surface area contributed by atoms with Crippen molar-refractivity contribution >= 4 is 23.0 Å². The fourth-order valence-corrected chi connectivity index (χ4v) is 3.50. The first-order valence-corrected chi connectivity index (χ1v) is 10.4. The van der Waals surface area contributed by atoms with Gasteiger partial charge in [-0.05, 0) is 47.5 Å². The van der Waals surface area contributed by atoms with Gasteiger partial charge in [0.2, 0.25) is 0 Å². The van der Waals surface area contributed by atoms with Crippen molar-refractivity contribution in [1.82, 2.24) is 9.97 Å². The van der Waals surface area contributed by atoms with E-state index in [0.29, 0.717) is 29.3 Å². The Bertz CT molecular complexity index is 1200. The maximum absolute atomic E-state index is 12.2. The Labute approximate surface area is 190 Å². The van der Waals surface area contributed by atoms with Crippen LogP contribution < -0.4 is 10.3 Å². The van der Waals surface area contributed by atoms with Crippen LogP contribution in [-0.2, 0) is 12.8 Å². The predicted octanol–water partition coefficient (Wildman–Crippen LogP) is 5.69. The van der Waals surface area contributed by atoms with E-state index >= 15 is 0 Å². The van der Waals surface area contributed by atoms with Gasteiger partial charge in [-0.15, -0.1) is 0 Å². The highest BCUT2D eigenvalue weighted by Gasteiger charge is 2.12. The molecule has 32 heavy (non-hydrogen) atoms. The van der Waals surface area contributed by atoms with E-state index in [0.717, 1.165) is 22.4 Å². The first-order valence-electron chi connectivity index (χ1n) is 9.97. The first kappa shape index (κ1) is 21.4. The van der Waals surface area contributed by atoms with E-state index in [-0.39, 0.29) is 11.5 Å². The Kier molecular flexibility index (Phi) is 6.67. The van der Waals surface area contributed by atoms with E-state index < -0.39 is 0 Å². The van der Waals surface area contributed by atoms with Crippen molar-refractivity contribution in [3.05, 3.63) is 102 Å². The molecule has 0 aliphatic heterocycles. The number of phenolic OH excluding ortho intramolecular Hbond substituents is 1. The Balaban J connectivity index is 1.59. The van der Waals surface area contributed by atoms with Gasteiger partial charge in [0, 0.05) is 22.9 Å². The molecular formula is C25H20FN3O2S. The van der Waals surface area contributed by atoms with E-state index in [1.807, 2.05) is 30.3 Å². The van der Waals surface area contributed by atoms with Crippen LogP contribution in [0.1, 0.15) is 16.8 Å². The molecule has 160 valence electrons. The predicted molar refractivity (Wildman–Crippen MR) is 126 cm³/mol. The number of anilines is 1. The van der Waals surface area contributed by atoms with Crippen LogP contribution in [0, 0.1) is 0 Å². The molecule has 0 radical (unpaired) electrons. The normalized spacial score (nSPS) is 10.5. The van der Waals surface area contributed by atoms with E-state index in [2.05, 4.69) is 15.2 Å². The van der Waals surface area contributed by atoms with Crippen LogP contribution in [0.25, 0.3) is 11.3 Å². The number of hydrogen-bond acceptors (Lipinski definition) is 5. The van der Waals surface area contributed by atoms with Crippen LogP contribution in [0.2, 0.25) is 0 Å². The summed E-state index contributed by atoms with van der Waals surface area (Å²) in [5.41, 5.74) is 4.33. The fourth-order valence-electron chi connectivity index (χ4n) is 3.24. The molecule has 0 amide bonds. The summed E-state index contributed by atoms with van der Waals surface area (Å²) in [4.78, 5) is 13.7. The summed E-state index contributed by atoms with van der Waals surface area (Å²) in [5.74, 6) is 0.930. The van der Waals surface area contributed by atoms with Gasteiger partial charge in [0.15, 0.2) is 11.6 Å². The zero-order valence-corrected chi connectivity index (χ0v) is 17.8. The third-order valence-corrected chi connectivity index (χ3v) is 5.10. The third-order valence-electron chi connectivity index (χ3n) is 4.86. The topological polar surface area (TPSA) is 67.3 Å². The van der Waals surface area contributed by atoms with Gasteiger partial charge in [-0.1, -0.05) is 54.7 Å². The summed E-state index contributed by atoms with van der Waals surface area (Å²) >= 11 is 5.53. The molecule has 0 bridgehead atoms. The van der Waals surface area contributed by atoms with Gasteiger partial charge in [-0.2, -0.15) is 0 Å². The van der Waals surface area contributed by atoms with Gasteiger partial charge >= 0.3 is 0 Å². The smallest absolute Gasteiger partial charge is 0.171 e. The molecule has 0 saturated carbocycles. The second-order valence-electron chi connectivity index (χ2n) is 7.21. The summed E-state index contributed by atoms with van der Waals surface area (Å²) in [7, 11) is 0. The molecule has 0 spiro atoms. The Morgan fingerprint density at radius 2 is 1.66 bits per heavy atom. The second-order valence-corrected chi connectivity index (χ2v) is 7.70. The molecule has 0 saturated heterocycles. The van der Waals surface area contributed by atoms with E-state index in [1.165, 1.54) is 0 Å². The zero-order chi connectivity index (χ0) is 22.3. The largest absolute Gasteiger partial charge is 0.508 e. The Hall–Kier alpha value is -3.84. The van der Waals surface area contributed by atoms with Gasteiger partial charge < -0.3 is 10.4 Å². The number of benzene rings is 3. The lowest BCUT2D eigenvalue weighted by atomic mass is 10.1. The molecule has 0 aliphatic rings. The van der Waals surface area contributed by atoms with Gasteiger partial charge in [-0.25, -0.2) is 9.97 Å². The molecule has 0 unspecified atom stereocenters. The van der Waals surface area contributed by atoms with Crippen molar-refractivity contribution in [2.75, 3.05) is 5.32 Å². The average molecular weight is 446 g/mol. The molecule has 5 nitrogen and oxygen atoms in total. The number of nitrogens with one attached hydrogen (secondary N) is 1. The van der Waals surface area contributed by atoms with Crippen LogP contribution in [0.4, 0.5) is 10.3 Å². The lowest BCUT2D eigenvalue weighted by Crippen LogP contribution is -2.16. The lowest BCUT2D eigenvalue weighted by molar-refractivity contribution is -0.00621. The number of aromatic nitrogens is 2.